The molecule has 0 unspecified atom stereocenters. The largest absolute Gasteiger partial charge is 0.452 e. The first-order valence-corrected chi connectivity index (χ1v) is 7.32. The number of hydrogen-bond acceptors (Lipinski definition) is 4. The van der Waals surface area contributed by atoms with Crippen molar-refractivity contribution in [2.45, 2.75) is 0 Å². The normalized spacial score (nSPS) is 10.4. The fraction of sp³-hybridized carbons (Fsp3) is 0.267. The zero-order chi connectivity index (χ0) is 17.4. The Bertz CT molecular complexity index is 630. The maximum absolute atomic E-state index is 11.5. The Balaban J connectivity index is 2.38. The molecule has 0 spiro atoms. The van der Waals surface area contributed by atoms with Gasteiger partial charge in [-0.05, 0) is 23.8 Å². The molecule has 1 N–H and O–H groups in total. The highest BCUT2D eigenvalue weighted by atomic mass is 35.5. The molecular weight excluding hydrogens is 343 g/mol. The van der Waals surface area contributed by atoms with E-state index in [4.69, 9.17) is 27.9 Å². The lowest BCUT2D eigenvalue weighted by Gasteiger charge is -2.10. The zero-order valence-corrected chi connectivity index (χ0v) is 14.1. The molecule has 0 atom stereocenters. The monoisotopic (exact) mass is 358 g/mol. The smallest absolute Gasteiger partial charge is 0.331 e. The maximum Gasteiger partial charge on any atom is 0.331 e. The number of ether oxygens (including phenoxy) is 1. The molecule has 1 rings (SSSR count). The first-order valence-electron chi connectivity index (χ1n) is 6.56. The number of carbonyl (C=O) groups excluding carboxylic acids is 3. The van der Waals surface area contributed by atoms with E-state index in [1.807, 2.05) is 0 Å². The maximum atomic E-state index is 11.5. The number of nitrogens with zero attached hydrogens (tertiary/aromatic N) is 1. The molecule has 0 radical (unpaired) electrons. The van der Waals surface area contributed by atoms with Crippen molar-refractivity contribution in [3.8, 4) is 0 Å². The van der Waals surface area contributed by atoms with E-state index in [1.54, 1.807) is 32.3 Å². The molecule has 2 amide bonds. The molecule has 1 aromatic rings. The molecule has 0 aliphatic carbocycles. The molecule has 0 aromatic heterocycles. The Morgan fingerprint density at radius 3 is 2.52 bits per heavy atom. The predicted octanol–water partition coefficient (Wildman–Crippen LogP) is 1.75. The van der Waals surface area contributed by atoms with Crippen molar-refractivity contribution in [1.82, 2.24) is 10.2 Å². The average molecular weight is 359 g/mol. The molecule has 23 heavy (non-hydrogen) atoms. The number of amides is 2. The van der Waals surface area contributed by atoms with Crippen LogP contribution in [-0.2, 0) is 19.1 Å². The van der Waals surface area contributed by atoms with Gasteiger partial charge in [0.15, 0.2) is 6.61 Å². The summed E-state index contributed by atoms with van der Waals surface area (Å²) in [6.07, 6.45) is 2.65. The number of likely N-dealkylation sites (N-methyl/N-ethyl adjacent to an activating group) is 1. The summed E-state index contributed by atoms with van der Waals surface area (Å²) >= 11 is 11.6. The summed E-state index contributed by atoms with van der Waals surface area (Å²) in [5, 5.41) is 3.12. The van der Waals surface area contributed by atoms with Crippen molar-refractivity contribution in [3.05, 3.63) is 39.9 Å². The second-order valence-corrected chi connectivity index (χ2v) is 5.49. The standard InChI is InChI=1S/C15H16Cl2N2O4/c1-19(2)14(21)8-18-13(20)9-23-15(22)6-4-10-3-5-11(16)12(17)7-10/h3-7H,8-9H2,1-2H3,(H,18,20)/b6-4+. The molecule has 0 saturated carbocycles. The van der Waals surface area contributed by atoms with Crippen molar-refractivity contribution in [3.63, 3.8) is 0 Å². The Hall–Kier alpha value is -2.05. The summed E-state index contributed by atoms with van der Waals surface area (Å²) in [6.45, 7) is -0.617. The zero-order valence-electron chi connectivity index (χ0n) is 12.6. The third-order valence-corrected chi connectivity index (χ3v) is 3.38. The summed E-state index contributed by atoms with van der Waals surface area (Å²) in [7, 11) is 3.14. The molecule has 0 heterocycles. The van der Waals surface area contributed by atoms with E-state index in [0.717, 1.165) is 6.08 Å². The van der Waals surface area contributed by atoms with Gasteiger partial charge in [-0.1, -0.05) is 29.3 Å². The number of esters is 1. The summed E-state index contributed by atoms with van der Waals surface area (Å²) in [5.41, 5.74) is 0.664. The molecule has 8 heteroatoms. The Morgan fingerprint density at radius 2 is 1.91 bits per heavy atom. The Labute approximate surface area is 144 Å². The van der Waals surface area contributed by atoms with E-state index < -0.39 is 18.5 Å². The SMILES string of the molecule is CN(C)C(=O)CNC(=O)COC(=O)/C=C/c1ccc(Cl)c(Cl)c1. The van der Waals surface area contributed by atoms with Crippen molar-refractivity contribution in [2.75, 3.05) is 27.2 Å². The minimum absolute atomic E-state index is 0.150. The lowest BCUT2D eigenvalue weighted by Crippen LogP contribution is -2.38. The predicted molar refractivity (Wildman–Crippen MR) is 88.2 cm³/mol. The van der Waals surface area contributed by atoms with E-state index in [1.165, 1.54) is 11.0 Å². The van der Waals surface area contributed by atoms with Crippen molar-refractivity contribution in [1.29, 1.82) is 0 Å². The second kappa shape index (κ2) is 9.17. The number of halogens is 2. The van der Waals surface area contributed by atoms with Crippen LogP contribution in [0, 0.1) is 0 Å². The van der Waals surface area contributed by atoms with Gasteiger partial charge >= 0.3 is 5.97 Å². The molecule has 0 aliphatic rings. The Kier molecular flexibility index (Phi) is 7.57. The highest BCUT2D eigenvalue weighted by molar-refractivity contribution is 6.42. The average Bonchev–Trinajstić information content (AvgIpc) is 2.51. The van der Waals surface area contributed by atoms with Crippen LogP contribution in [0.15, 0.2) is 24.3 Å². The lowest BCUT2D eigenvalue weighted by molar-refractivity contribution is -0.144. The van der Waals surface area contributed by atoms with Gasteiger partial charge in [0.1, 0.15) is 0 Å². The van der Waals surface area contributed by atoms with E-state index in [2.05, 4.69) is 5.32 Å². The summed E-state index contributed by atoms with van der Waals surface area (Å²) < 4.78 is 4.75. The Morgan fingerprint density at radius 1 is 1.22 bits per heavy atom. The molecule has 0 fully saturated rings. The molecule has 0 bridgehead atoms. The number of hydrogen-bond donors (Lipinski definition) is 1. The van der Waals surface area contributed by atoms with E-state index in [0.29, 0.717) is 15.6 Å². The van der Waals surface area contributed by atoms with Crippen LogP contribution >= 0.6 is 23.2 Å². The van der Waals surface area contributed by atoms with Crippen LogP contribution in [0.2, 0.25) is 10.0 Å². The summed E-state index contributed by atoms with van der Waals surface area (Å²) in [6, 6.07) is 4.87. The number of nitrogens with one attached hydrogen (secondary N) is 1. The highest BCUT2D eigenvalue weighted by Crippen LogP contribution is 2.23. The molecular formula is C15H16Cl2N2O4. The molecule has 0 aliphatic heterocycles. The number of carbonyl (C=O) groups is 3. The van der Waals surface area contributed by atoms with Crippen molar-refractivity contribution < 1.29 is 19.1 Å². The first-order chi connectivity index (χ1) is 10.8. The van der Waals surface area contributed by atoms with E-state index in [9.17, 15) is 14.4 Å². The second-order valence-electron chi connectivity index (χ2n) is 4.68. The van der Waals surface area contributed by atoms with Gasteiger partial charge in [0.2, 0.25) is 5.91 Å². The minimum atomic E-state index is -0.690. The topological polar surface area (TPSA) is 75.7 Å². The van der Waals surface area contributed by atoms with Crippen LogP contribution in [-0.4, -0.2) is 49.9 Å². The van der Waals surface area contributed by atoms with Crippen LogP contribution in [0.1, 0.15) is 5.56 Å². The fourth-order valence-corrected chi connectivity index (χ4v) is 1.65. The van der Waals surface area contributed by atoms with Crippen LogP contribution < -0.4 is 5.32 Å². The van der Waals surface area contributed by atoms with Gasteiger partial charge in [-0.15, -0.1) is 0 Å². The third kappa shape index (κ3) is 7.17. The van der Waals surface area contributed by atoms with Gasteiger partial charge in [-0.2, -0.15) is 0 Å². The quantitative estimate of drug-likeness (QED) is 0.620. The van der Waals surface area contributed by atoms with Crippen LogP contribution in [0.4, 0.5) is 0 Å². The van der Waals surface area contributed by atoms with Gasteiger partial charge < -0.3 is 15.0 Å². The van der Waals surface area contributed by atoms with Crippen LogP contribution in [0.5, 0.6) is 0 Å². The summed E-state index contributed by atoms with van der Waals surface area (Å²) in [4.78, 5) is 35.5. The number of rotatable bonds is 6. The third-order valence-electron chi connectivity index (χ3n) is 2.64. The molecule has 124 valence electrons. The minimum Gasteiger partial charge on any atom is -0.452 e. The van der Waals surface area contributed by atoms with Crippen LogP contribution in [0.25, 0.3) is 6.08 Å². The van der Waals surface area contributed by atoms with Gasteiger partial charge in [-0.3, -0.25) is 9.59 Å². The lowest BCUT2D eigenvalue weighted by atomic mass is 10.2. The van der Waals surface area contributed by atoms with Gasteiger partial charge in [0.05, 0.1) is 16.6 Å². The van der Waals surface area contributed by atoms with E-state index >= 15 is 0 Å². The molecule has 6 nitrogen and oxygen atoms in total. The fourth-order valence-electron chi connectivity index (χ4n) is 1.35. The first kappa shape index (κ1) is 19.0. The van der Waals surface area contributed by atoms with Crippen molar-refractivity contribution >= 4 is 47.1 Å². The molecule has 0 saturated heterocycles. The van der Waals surface area contributed by atoms with Gasteiger partial charge in [0.25, 0.3) is 5.91 Å². The number of benzene rings is 1. The summed E-state index contributed by atoms with van der Waals surface area (Å²) in [5.74, 6) is -1.51. The van der Waals surface area contributed by atoms with Crippen LogP contribution in [0.3, 0.4) is 0 Å². The van der Waals surface area contributed by atoms with Gasteiger partial charge in [0, 0.05) is 20.2 Å². The van der Waals surface area contributed by atoms with Gasteiger partial charge in [-0.25, -0.2) is 4.79 Å². The molecule has 1 aromatic carbocycles. The van der Waals surface area contributed by atoms with Crippen molar-refractivity contribution in [2.24, 2.45) is 0 Å². The highest BCUT2D eigenvalue weighted by Gasteiger charge is 2.08. The van der Waals surface area contributed by atoms with E-state index in [-0.39, 0.29) is 12.5 Å².